The van der Waals surface area contributed by atoms with Gasteiger partial charge in [0.1, 0.15) is 14.2 Å². The molecule has 0 aromatic carbocycles. The van der Waals surface area contributed by atoms with E-state index in [9.17, 15) is 5.11 Å². The Kier molecular flexibility index (Phi) is 22.0. The predicted octanol–water partition coefficient (Wildman–Crippen LogP) is 10.2. The van der Waals surface area contributed by atoms with Crippen LogP contribution in [0.5, 0.6) is 0 Å². The van der Waals surface area contributed by atoms with Crippen molar-refractivity contribution >= 4 is 16.4 Å². The Balaban J connectivity index is 4.38. The summed E-state index contributed by atoms with van der Waals surface area (Å²) in [5.41, 5.74) is 4.51. The van der Waals surface area contributed by atoms with Crippen LogP contribution in [0.15, 0.2) is 23.8 Å². The van der Waals surface area contributed by atoms with Gasteiger partial charge in [-0.3, -0.25) is 0 Å². The third-order valence-corrected chi connectivity index (χ3v) is 12.8. The van der Waals surface area contributed by atoms with Crippen molar-refractivity contribution in [2.24, 2.45) is 0 Å². The fourth-order valence-electron chi connectivity index (χ4n) is 4.47. The molecule has 0 fully saturated rings. The minimum Gasteiger partial charge on any atom is -0.400 e. The number of allylic oxidation sites excluding steroid dienone is 3. The van der Waals surface area contributed by atoms with Crippen LogP contribution >= 0.6 is 0 Å². The summed E-state index contributed by atoms with van der Waals surface area (Å²) < 4.78 is 6.77. The first-order valence-electron chi connectivity index (χ1n) is 15.4. The van der Waals surface area contributed by atoms with E-state index in [0.717, 1.165) is 30.1 Å². The lowest BCUT2D eigenvalue weighted by atomic mass is 10.0. The Bertz CT molecular complexity index is 625. The van der Waals surface area contributed by atoms with Gasteiger partial charge in [0.2, 0.25) is 0 Å². The molecule has 0 unspecified atom stereocenters. The average Bonchev–Trinajstić information content (AvgIpc) is 2.86. The molecule has 0 spiro atoms. The molecule has 0 rings (SSSR count). The maximum atomic E-state index is 10.2. The number of hydrogen-bond acceptors (Lipinski definition) is 2. The topological polar surface area (TPSA) is 29.5 Å². The van der Waals surface area contributed by atoms with Crippen LogP contribution in [0.4, 0.5) is 0 Å². The van der Waals surface area contributed by atoms with E-state index in [2.05, 4.69) is 77.0 Å². The second-order valence-corrected chi connectivity index (χ2v) is 21.0. The highest BCUT2D eigenvalue weighted by atomic mass is 28.4. The largest absolute Gasteiger partial charge is 0.400 e. The summed E-state index contributed by atoms with van der Waals surface area (Å²) >= 11 is 0. The van der Waals surface area contributed by atoms with Gasteiger partial charge in [0.25, 0.3) is 0 Å². The lowest BCUT2D eigenvalue weighted by Gasteiger charge is -2.32. The molecular formula is C32H62O2Si2. The monoisotopic (exact) mass is 534 g/mol. The Morgan fingerprint density at radius 2 is 1.19 bits per heavy atom. The first-order chi connectivity index (χ1) is 17.3. The predicted molar refractivity (Wildman–Crippen MR) is 168 cm³/mol. The lowest BCUT2D eigenvalue weighted by Crippen LogP contribution is -2.40. The second kappa shape index (κ2) is 22.4. The van der Waals surface area contributed by atoms with Crippen LogP contribution in [0.25, 0.3) is 0 Å². The van der Waals surface area contributed by atoms with Crippen LogP contribution in [0.1, 0.15) is 118 Å². The number of hydrogen-bond donors (Lipinski definition) is 1. The molecule has 0 aromatic heterocycles. The summed E-state index contributed by atoms with van der Waals surface area (Å²) in [4.78, 5) is 0. The molecule has 4 heteroatoms. The lowest BCUT2D eigenvalue weighted by molar-refractivity contribution is 0.239. The summed E-state index contributed by atoms with van der Waals surface area (Å²) in [7, 11) is -3.29. The highest BCUT2D eigenvalue weighted by Crippen LogP contribution is 2.26. The van der Waals surface area contributed by atoms with Crippen molar-refractivity contribution in [3.63, 3.8) is 0 Å². The maximum Gasteiger partial charge on any atom is 0.194 e. The first-order valence-corrected chi connectivity index (χ1v) is 21.5. The van der Waals surface area contributed by atoms with E-state index >= 15 is 0 Å². The minimum atomic E-state index is -1.79. The molecule has 36 heavy (non-hydrogen) atoms. The van der Waals surface area contributed by atoms with E-state index in [0.29, 0.717) is 0 Å². The molecule has 0 aliphatic heterocycles. The van der Waals surface area contributed by atoms with Crippen molar-refractivity contribution in [3.05, 3.63) is 23.8 Å². The molecule has 0 radical (unpaired) electrons. The first kappa shape index (κ1) is 35.4. The SMILES string of the molecule is CCCC/C=C\CCCCCCCCCCC/C=C(/CO)[C@@H](C#C[Si](C)(C)C)O[Si](CC)(CC)CC. The number of rotatable bonds is 22. The smallest absolute Gasteiger partial charge is 0.194 e. The van der Waals surface area contributed by atoms with Crippen molar-refractivity contribution < 1.29 is 9.53 Å². The third kappa shape index (κ3) is 18.6. The van der Waals surface area contributed by atoms with Gasteiger partial charge >= 0.3 is 0 Å². The Hall–Kier alpha value is -0.606. The fraction of sp³-hybridized carbons (Fsp3) is 0.812. The molecular weight excluding hydrogens is 473 g/mol. The summed E-state index contributed by atoms with van der Waals surface area (Å²) in [6.45, 7) is 15.9. The van der Waals surface area contributed by atoms with Crippen LogP contribution in [0, 0.1) is 11.5 Å². The Labute approximate surface area is 228 Å². The average molecular weight is 535 g/mol. The molecule has 0 amide bonds. The number of aliphatic hydroxyl groups excluding tert-OH is 1. The van der Waals surface area contributed by atoms with Crippen LogP contribution in [-0.2, 0) is 4.43 Å². The highest BCUT2D eigenvalue weighted by molar-refractivity contribution is 6.83. The van der Waals surface area contributed by atoms with Gasteiger partial charge in [-0.05, 0) is 55.8 Å². The minimum absolute atomic E-state index is 0.0567. The van der Waals surface area contributed by atoms with Gasteiger partial charge in [-0.25, -0.2) is 0 Å². The van der Waals surface area contributed by atoms with Crippen LogP contribution in [-0.4, -0.2) is 34.2 Å². The Morgan fingerprint density at radius 1 is 0.722 bits per heavy atom. The van der Waals surface area contributed by atoms with Gasteiger partial charge in [0.15, 0.2) is 8.32 Å². The zero-order chi connectivity index (χ0) is 27.1. The van der Waals surface area contributed by atoms with Gasteiger partial charge in [-0.2, -0.15) is 0 Å². The van der Waals surface area contributed by atoms with E-state index in [1.807, 2.05) is 0 Å². The molecule has 2 nitrogen and oxygen atoms in total. The fourth-order valence-corrected chi connectivity index (χ4v) is 7.75. The van der Waals surface area contributed by atoms with E-state index in [-0.39, 0.29) is 12.7 Å². The van der Waals surface area contributed by atoms with Gasteiger partial charge in [0, 0.05) is 0 Å². The summed E-state index contributed by atoms with van der Waals surface area (Å²) in [6, 6.07) is 3.33. The molecule has 0 bridgehead atoms. The highest BCUT2D eigenvalue weighted by Gasteiger charge is 2.32. The molecule has 210 valence electrons. The normalized spacial score (nSPS) is 13.7. The summed E-state index contributed by atoms with van der Waals surface area (Å²) in [5.74, 6) is 3.47. The molecule has 0 saturated heterocycles. The quantitative estimate of drug-likeness (QED) is 0.0647. The zero-order valence-electron chi connectivity index (χ0n) is 25.4. The molecule has 0 aliphatic carbocycles. The van der Waals surface area contributed by atoms with E-state index in [1.54, 1.807) is 0 Å². The zero-order valence-corrected chi connectivity index (χ0v) is 27.4. The molecule has 0 heterocycles. The van der Waals surface area contributed by atoms with Crippen LogP contribution < -0.4 is 0 Å². The van der Waals surface area contributed by atoms with E-state index in [1.165, 1.54) is 83.5 Å². The Morgan fingerprint density at radius 3 is 1.64 bits per heavy atom. The molecule has 0 saturated carbocycles. The maximum absolute atomic E-state index is 10.2. The van der Waals surface area contributed by atoms with Crippen molar-refractivity contribution in [1.82, 2.24) is 0 Å². The van der Waals surface area contributed by atoms with Gasteiger partial charge < -0.3 is 9.53 Å². The van der Waals surface area contributed by atoms with Gasteiger partial charge in [-0.1, -0.05) is 129 Å². The number of aliphatic hydroxyl groups is 1. The summed E-state index contributed by atoms with van der Waals surface area (Å²) in [6.07, 6.45) is 25.0. The third-order valence-electron chi connectivity index (χ3n) is 7.27. The molecule has 0 aromatic rings. The van der Waals surface area contributed by atoms with Crippen molar-refractivity contribution in [2.45, 2.75) is 161 Å². The molecule has 0 aliphatic rings. The summed E-state index contributed by atoms with van der Waals surface area (Å²) in [5, 5.41) is 10.2. The van der Waals surface area contributed by atoms with Crippen molar-refractivity contribution in [3.8, 4) is 11.5 Å². The molecule has 1 N–H and O–H groups in total. The number of unbranched alkanes of at least 4 members (excludes halogenated alkanes) is 12. The van der Waals surface area contributed by atoms with Crippen molar-refractivity contribution in [2.75, 3.05) is 6.61 Å². The standard InChI is InChI=1S/C32H62O2Si2/c1-8-12-13-14-15-16-17-18-19-20-21-22-23-24-25-26-27-31(30-33)32(28-29-35(5,6)7)34-36(9-2,10-3)11-4/h14-15,27,32-33H,8-13,16-26,30H2,1-7H3/b15-14-,31-27-/t32-/m1/s1. The molecule has 1 atom stereocenters. The second-order valence-electron chi connectivity index (χ2n) is 11.6. The van der Waals surface area contributed by atoms with Crippen molar-refractivity contribution in [1.29, 1.82) is 0 Å². The van der Waals surface area contributed by atoms with E-state index in [4.69, 9.17) is 4.43 Å². The van der Waals surface area contributed by atoms with E-state index < -0.39 is 16.4 Å². The van der Waals surface area contributed by atoms with Crippen LogP contribution in [0.2, 0.25) is 37.8 Å². The van der Waals surface area contributed by atoms with Crippen LogP contribution in [0.3, 0.4) is 0 Å². The van der Waals surface area contributed by atoms with Gasteiger partial charge in [-0.15, -0.1) is 5.54 Å². The van der Waals surface area contributed by atoms with Gasteiger partial charge in [0.05, 0.1) is 6.61 Å².